The minimum absolute atomic E-state index is 0.657. The lowest BCUT2D eigenvalue weighted by Gasteiger charge is -2.05. The molecule has 4 heteroatoms. The van der Waals surface area contributed by atoms with Crippen LogP contribution in [0.1, 0.15) is 11.1 Å². The summed E-state index contributed by atoms with van der Waals surface area (Å²) in [4.78, 5) is 14.8. The van der Waals surface area contributed by atoms with Gasteiger partial charge < -0.3 is 5.11 Å². The number of carboxylic acids is 1. The fraction of sp³-hybridized carbons (Fsp3) is 0.0769. The van der Waals surface area contributed by atoms with Gasteiger partial charge in [0.2, 0.25) is 0 Å². The number of carbonyl (C=O) groups is 1. The Labute approximate surface area is 103 Å². The highest BCUT2D eigenvalue weighted by Gasteiger charge is 2.05. The summed E-state index contributed by atoms with van der Waals surface area (Å²) in [6.07, 6.45) is 4.31. The third-order valence-electron chi connectivity index (χ3n) is 2.54. The van der Waals surface area contributed by atoms with Gasteiger partial charge in [0.15, 0.2) is 0 Å². The van der Waals surface area contributed by atoms with Crippen LogP contribution in [-0.2, 0) is 4.79 Å². The van der Waals surface area contributed by atoms with Gasteiger partial charge in [0.1, 0.15) is 0 Å². The van der Waals surface area contributed by atoms with Gasteiger partial charge in [0, 0.05) is 22.7 Å². The van der Waals surface area contributed by atoms with E-state index in [0.29, 0.717) is 5.02 Å². The summed E-state index contributed by atoms with van der Waals surface area (Å²) < 4.78 is 0. The quantitative estimate of drug-likeness (QED) is 0.829. The lowest BCUT2D eigenvalue weighted by Crippen LogP contribution is -1.89. The predicted octanol–water partition coefficient (Wildman–Crippen LogP) is 3.29. The predicted molar refractivity (Wildman–Crippen MR) is 68.2 cm³/mol. The molecule has 0 aliphatic rings. The van der Waals surface area contributed by atoms with Crippen LogP contribution in [0.25, 0.3) is 17.0 Å². The zero-order valence-corrected chi connectivity index (χ0v) is 9.90. The van der Waals surface area contributed by atoms with Gasteiger partial charge in [-0.2, -0.15) is 0 Å². The van der Waals surface area contributed by atoms with Crippen LogP contribution in [0.2, 0.25) is 5.02 Å². The zero-order chi connectivity index (χ0) is 12.4. The number of pyridine rings is 1. The maximum Gasteiger partial charge on any atom is 0.328 e. The Kier molecular flexibility index (Phi) is 3.11. The van der Waals surface area contributed by atoms with E-state index in [1.165, 1.54) is 0 Å². The van der Waals surface area contributed by atoms with Crippen LogP contribution in [-0.4, -0.2) is 16.1 Å². The monoisotopic (exact) mass is 247 g/mol. The Balaban J connectivity index is 2.66. The van der Waals surface area contributed by atoms with Crippen molar-refractivity contribution >= 4 is 34.5 Å². The molecule has 0 unspecified atom stereocenters. The molecule has 17 heavy (non-hydrogen) atoms. The maximum absolute atomic E-state index is 10.5. The van der Waals surface area contributed by atoms with Crippen molar-refractivity contribution in [2.45, 2.75) is 6.92 Å². The number of fused-ring (bicyclic) bond motifs is 1. The molecule has 2 aromatic rings. The minimum Gasteiger partial charge on any atom is -0.478 e. The second-order valence-electron chi connectivity index (χ2n) is 3.64. The number of aromatic nitrogens is 1. The van der Waals surface area contributed by atoms with Crippen molar-refractivity contribution in [3.63, 3.8) is 0 Å². The zero-order valence-electron chi connectivity index (χ0n) is 9.14. The number of carboxylic acid groups (broad SMARTS) is 1. The van der Waals surface area contributed by atoms with Gasteiger partial charge in [0.25, 0.3) is 0 Å². The second-order valence-corrected chi connectivity index (χ2v) is 4.05. The first-order valence-corrected chi connectivity index (χ1v) is 5.42. The van der Waals surface area contributed by atoms with Crippen LogP contribution in [0.4, 0.5) is 0 Å². The van der Waals surface area contributed by atoms with Gasteiger partial charge in [-0.15, -0.1) is 0 Å². The average Bonchev–Trinajstić information content (AvgIpc) is 2.31. The molecule has 0 atom stereocenters. The number of rotatable bonds is 2. The minimum atomic E-state index is -0.972. The molecular weight excluding hydrogens is 238 g/mol. The Morgan fingerprint density at radius 2 is 2.18 bits per heavy atom. The molecule has 0 fully saturated rings. The van der Waals surface area contributed by atoms with Crippen LogP contribution < -0.4 is 0 Å². The van der Waals surface area contributed by atoms with Crippen LogP contribution >= 0.6 is 11.6 Å². The summed E-state index contributed by atoms with van der Waals surface area (Å²) in [5, 5.41) is 10.2. The summed E-state index contributed by atoms with van der Waals surface area (Å²) in [5.41, 5.74) is 2.51. The molecule has 0 saturated carbocycles. The summed E-state index contributed by atoms with van der Waals surface area (Å²) >= 11 is 6.02. The summed E-state index contributed by atoms with van der Waals surface area (Å²) in [7, 11) is 0. The van der Waals surface area contributed by atoms with E-state index in [1.54, 1.807) is 24.4 Å². The molecular formula is C13H10ClNO2. The van der Waals surface area contributed by atoms with Crippen molar-refractivity contribution in [3.05, 3.63) is 46.6 Å². The average molecular weight is 248 g/mol. The summed E-state index contributed by atoms with van der Waals surface area (Å²) in [5.74, 6) is -0.972. The van der Waals surface area contributed by atoms with Crippen LogP contribution in [0, 0.1) is 6.92 Å². The SMILES string of the molecule is Cc1c(Cl)ccc2c(/C=C/C(=O)O)ccnc12. The van der Waals surface area contributed by atoms with E-state index in [9.17, 15) is 4.79 Å². The molecule has 2 rings (SSSR count). The molecule has 0 aliphatic heterocycles. The number of aryl methyl sites for hydroxylation is 1. The van der Waals surface area contributed by atoms with Crippen molar-refractivity contribution in [2.75, 3.05) is 0 Å². The molecule has 86 valence electrons. The van der Waals surface area contributed by atoms with Gasteiger partial charge >= 0.3 is 5.97 Å². The molecule has 0 amide bonds. The van der Waals surface area contributed by atoms with Crippen molar-refractivity contribution in [3.8, 4) is 0 Å². The fourth-order valence-electron chi connectivity index (χ4n) is 1.66. The Morgan fingerprint density at radius 1 is 1.41 bits per heavy atom. The molecule has 3 nitrogen and oxygen atoms in total. The smallest absolute Gasteiger partial charge is 0.328 e. The normalized spacial score (nSPS) is 11.2. The highest BCUT2D eigenvalue weighted by atomic mass is 35.5. The molecule has 1 N–H and O–H groups in total. The van der Waals surface area contributed by atoms with E-state index in [-0.39, 0.29) is 0 Å². The number of hydrogen-bond donors (Lipinski definition) is 1. The highest BCUT2D eigenvalue weighted by molar-refractivity contribution is 6.32. The molecule has 1 aromatic carbocycles. The van der Waals surface area contributed by atoms with Crippen molar-refractivity contribution in [2.24, 2.45) is 0 Å². The van der Waals surface area contributed by atoms with Crippen molar-refractivity contribution < 1.29 is 9.90 Å². The van der Waals surface area contributed by atoms with Gasteiger partial charge in [-0.25, -0.2) is 4.79 Å². The van der Waals surface area contributed by atoms with E-state index in [4.69, 9.17) is 16.7 Å². The largest absolute Gasteiger partial charge is 0.478 e. The Bertz CT molecular complexity index is 620. The summed E-state index contributed by atoms with van der Waals surface area (Å²) in [6.45, 7) is 1.89. The van der Waals surface area contributed by atoms with E-state index in [1.807, 2.05) is 13.0 Å². The van der Waals surface area contributed by atoms with E-state index in [0.717, 1.165) is 28.1 Å². The maximum atomic E-state index is 10.5. The third-order valence-corrected chi connectivity index (χ3v) is 2.95. The van der Waals surface area contributed by atoms with Gasteiger partial charge in [-0.3, -0.25) is 4.98 Å². The number of hydrogen-bond acceptors (Lipinski definition) is 2. The standard InChI is InChI=1S/C13H10ClNO2/c1-8-11(14)4-3-10-9(2-5-12(16)17)6-7-15-13(8)10/h2-7H,1H3,(H,16,17)/b5-2+. The molecule has 0 radical (unpaired) electrons. The number of halogens is 1. The molecule has 0 bridgehead atoms. The number of aliphatic carboxylic acids is 1. The van der Waals surface area contributed by atoms with E-state index >= 15 is 0 Å². The first-order valence-electron chi connectivity index (χ1n) is 5.04. The van der Waals surface area contributed by atoms with Gasteiger partial charge in [0.05, 0.1) is 5.52 Å². The number of nitrogens with zero attached hydrogens (tertiary/aromatic N) is 1. The van der Waals surface area contributed by atoms with Gasteiger partial charge in [-0.05, 0) is 36.3 Å². The Morgan fingerprint density at radius 3 is 2.88 bits per heavy atom. The molecule has 1 aromatic heterocycles. The van der Waals surface area contributed by atoms with Gasteiger partial charge in [-0.1, -0.05) is 17.7 Å². The molecule has 0 saturated heterocycles. The molecule has 0 aliphatic carbocycles. The lowest BCUT2D eigenvalue weighted by molar-refractivity contribution is -0.131. The lowest BCUT2D eigenvalue weighted by atomic mass is 10.1. The van der Waals surface area contributed by atoms with Crippen molar-refractivity contribution in [1.29, 1.82) is 0 Å². The Hall–Kier alpha value is -1.87. The van der Waals surface area contributed by atoms with E-state index < -0.39 is 5.97 Å². The molecule has 1 heterocycles. The van der Waals surface area contributed by atoms with Crippen LogP contribution in [0.15, 0.2) is 30.5 Å². The topological polar surface area (TPSA) is 50.2 Å². The second kappa shape index (κ2) is 4.55. The highest BCUT2D eigenvalue weighted by Crippen LogP contribution is 2.26. The summed E-state index contributed by atoms with van der Waals surface area (Å²) in [6, 6.07) is 5.41. The first kappa shape index (κ1) is 11.6. The third kappa shape index (κ3) is 2.29. The van der Waals surface area contributed by atoms with Crippen molar-refractivity contribution in [1.82, 2.24) is 4.98 Å². The van der Waals surface area contributed by atoms with Crippen LogP contribution in [0.3, 0.4) is 0 Å². The fourth-order valence-corrected chi connectivity index (χ4v) is 1.82. The molecule has 0 spiro atoms. The van der Waals surface area contributed by atoms with Crippen LogP contribution in [0.5, 0.6) is 0 Å². The first-order chi connectivity index (χ1) is 8.09. The number of benzene rings is 1. The van der Waals surface area contributed by atoms with E-state index in [2.05, 4.69) is 4.98 Å².